The first-order chi connectivity index (χ1) is 21.9. The summed E-state index contributed by atoms with van der Waals surface area (Å²) in [7, 11) is -4.68. The Morgan fingerprint density at radius 3 is 1.21 bits per heavy atom. The van der Waals surface area contributed by atoms with Crippen molar-refractivity contribution < 1.29 is 30.4 Å². The summed E-state index contributed by atoms with van der Waals surface area (Å²) in [6, 6.07) is 11.3. The molecule has 2 heterocycles. The van der Waals surface area contributed by atoms with Gasteiger partial charge >= 0.3 is 0 Å². The summed E-state index contributed by atoms with van der Waals surface area (Å²) in [6.07, 6.45) is 2.10. The molecule has 4 aromatic rings. The number of nitrogens with zero attached hydrogens (tertiary/aromatic N) is 6. The number of aromatic nitrogens is 4. The lowest BCUT2D eigenvalue weighted by molar-refractivity contribution is 0.105. The van der Waals surface area contributed by atoms with E-state index in [1.165, 1.54) is 38.4 Å². The van der Waals surface area contributed by atoms with Crippen LogP contribution in [-0.4, -0.2) is 63.4 Å². The lowest BCUT2D eigenvalue weighted by atomic mass is 9.98. The highest BCUT2D eigenvalue weighted by atomic mass is 32.2. The van der Waals surface area contributed by atoms with Crippen molar-refractivity contribution >= 4 is 31.9 Å². The van der Waals surface area contributed by atoms with E-state index in [0.717, 1.165) is 21.1 Å². The quantitative estimate of drug-likeness (QED) is 0.185. The molecule has 0 amide bonds. The Morgan fingerprint density at radius 1 is 0.617 bits per heavy atom. The van der Waals surface area contributed by atoms with Crippen molar-refractivity contribution in [3.8, 4) is 22.5 Å². The standard InChI is InChI=1S/C32H38F2N6O5S2/c1-19(2)27-25(29(21-9-13-23(33)14-10-21)37-31(35-27)39(5)46(7,41)42)17-45-18-26-28(20(3)4)36-32(40(6)47(8,43)44)38-30(26)22-11-15-24(34)16-12-22/h9-16,19-20H,17-18H2,1-8H3. The maximum Gasteiger partial charge on any atom is 0.239 e. The lowest BCUT2D eigenvalue weighted by Gasteiger charge is -2.23. The van der Waals surface area contributed by atoms with E-state index in [0.29, 0.717) is 45.0 Å². The molecule has 11 nitrogen and oxygen atoms in total. The van der Waals surface area contributed by atoms with E-state index in [4.69, 9.17) is 4.74 Å². The number of sulfonamides is 2. The van der Waals surface area contributed by atoms with Crippen LogP contribution in [0.25, 0.3) is 22.5 Å². The Hall–Kier alpha value is -4.08. The minimum atomic E-state index is -3.70. The van der Waals surface area contributed by atoms with Gasteiger partial charge in [0, 0.05) is 36.3 Å². The number of anilines is 2. The zero-order valence-corrected chi connectivity index (χ0v) is 29.1. The van der Waals surface area contributed by atoms with Crippen molar-refractivity contribution in [2.45, 2.75) is 52.7 Å². The molecule has 0 saturated heterocycles. The van der Waals surface area contributed by atoms with Crippen LogP contribution in [-0.2, 0) is 38.0 Å². The van der Waals surface area contributed by atoms with Crippen LogP contribution in [0.1, 0.15) is 62.0 Å². The van der Waals surface area contributed by atoms with Gasteiger partial charge in [0.2, 0.25) is 31.9 Å². The molecule has 0 saturated carbocycles. The number of hydrogen-bond donors (Lipinski definition) is 0. The fraction of sp³-hybridized carbons (Fsp3) is 0.375. The minimum absolute atomic E-state index is 0.0333. The zero-order chi connectivity index (χ0) is 34.8. The van der Waals surface area contributed by atoms with Crippen molar-refractivity contribution in [1.82, 2.24) is 19.9 Å². The molecule has 0 radical (unpaired) electrons. The molecule has 0 aliphatic heterocycles. The molecule has 15 heteroatoms. The zero-order valence-electron chi connectivity index (χ0n) is 27.5. The maximum absolute atomic E-state index is 13.9. The molecule has 0 aliphatic carbocycles. The van der Waals surface area contributed by atoms with Crippen LogP contribution in [0.4, 0.5) is 20.7 Å². The molecule has 4 rings (SSSR count). The molecule has 47 heavy (non-hydrogen) atoms. The molecule has 2 aromatic carbocycles. The molecule has 0 aliphatic rings. The normalized spacial score (nSPS) is 12.2. The second-order valence-corrected chi connectivity index (χ2v) is 15.8. The highest BCUT2D eigenvalue weighted by Gasteiger charge is 2.26. The van der Waals surface area contributed by atoms with Gasteiger partial charge in [0.25, 0.3) is 0 Å². The van der Waals surface area contributed by atoms with Crippen molar-refractivity contribution in [3.63, 3.8) is 0 Å². The summed E-state index contributed by atoms with van der Waals surface area (Å²) in [4.78, 5) is 18.4. The Labute approximate surface area is 274 Å². The van der Waals surface area contributed by atoms with Crippen LogP contribution in [0.2, 0.25) is 0 Å². The minimum Gasteiger partial charge on any atom is -0.372 e. The smallest absolute Gasteiger partial charge is 0.239 e. The largest absolute Gasteiger partial charge is 0.372 e. The van der Waals surface area contributed by atoms with E-state index in [1.807, 2.05) is 27.7 Å². The van der Waals surface area contributed by atoms with Crippen molar-refractivity contribution in [3.05, 3.63) is 82.7 Å². The van der Waals surface area contributed by atoms with Gasteiger partial charge in [-0.05, 0) is 60.4 Å². The summed E-state index contributed by atoms with van der Waals surface area (Å²) >= 11 is 0. The first kappa shape index (κ1) is 35.8. The van der Waals surface area contributed by atoms with Crippen LogP contribution in [0.15, 0.2) is 48.5 Å². The van der Waals surface area contributed by atoms with E-state index in [2.05, 4.69) is 19.9 Å². The summed E-state index contributed by atoms with van der Waals surface area (Å²) in [5.41, 5.74) is 4.02. The number of rotatable bonds is 12. The van der Waals surface area contributed by atoms with Crippen molar-refractivity contribution in [1.29, 1.82) is 0 Å². The van der Waals surface area contributed by atoms with E-state index in [-0.39, 0.29) is 36.9 Å². The van der Waals surface area contributed by atoms with Crippen LogP contribution in [0.5, 0.6) is 0 Å². The Morgan fingerprint density at radius 2 is 0.936 bits per heavy atom. The molecular weight excluding hydrogens is 651 g/mol. The summed E-state index contributed by atoms with van der Waals surface area (Å²) < 4.78 is 85.7. The number of hydrogen-bond acceptors (Lipinski definition) is 9. The predicted molar refractivity (Wildman–Crippen MR) is 178 cm³/mol. The summed E-state index contributed by atoms with van der Waals surface area (Å²) in [5, 5.41) is 0. The van der Waals surface area contributed by atoms with Gasteiger partial charge in [-0.25, -0.2) is 54.2 Å². The average molecular weight is 689 g/mol. The van der Waals surface area contributed by atoms with Gasteiger partial charge in [-0.3, -0.25) is 0 Å². The van der Waals surface area contributed by atoms with Gasteiger partial charge in [-0.15, -0.1) is 0 Å². The van der Waals surface area contributed by atoms with Crippen LogP contribution in [0.3, 0.4) is 0 Å². The fourth-order valence-corrected chi connectivity index (χ4v) is 5.50. The van der Waals surface area contributed by atoms with Gasteiger partial charge in [0.15, 0.2) is 0 Å². The monoisotopic (exact) mass is 688 g/mol. The summed E-state index contributed by atoms with van der Waals surface area (Å²) in [5.74, 6) is -1.34. The SMILES string of the molecule is CC(C)c1nc(N(C)S(C)(=O)=O)nc(-c2ccc(F)cc2)c1COCc1c(-c2ccc(F)cc2)nc(N(C)S(C)(=O)=O)nc1C(C)C. The molecule has 0 N–H and O–H groups in total. The fourth-order valence-electron chi connectivity index (χ4n) is 4.74. The number of benzene rings is 2. The third-order valence-electron chi connectivity index (χ3n) is 7.43. The van der Waals surface area contributed by atoms with Crippen LogP contribution < -0.4 is 8.61 Å². The van der Waals surface area contributed by atoms with Crippen molar-refractivity contribution in [2.24, 2.45) is 0 Å². The Bertz CT molecular complexity index is 1830. The number of ether oxygens (including phenoxy) is 1. The van der Waals surface area contributed by atoms with E-state index in [9.17, 15) is 25.6 Å². The first-order valence-electron chi connectivity index (χ1n) is 14.7. The van der Waals surface area contributed by atoms with E-state index < -0.39 is 31.7 Å². The molecule has 2 aromatic heterocycles. The Kier molecular flexibility index (Phi) is 10.6. The van der Waals surface area contributed by atoms with E-state index >= 15 is 0 Å². The molecule has 0 atom stereocenters. The molecule has 0 fully saturated rings. The summed E-state index contributed by atoms with van der Waals surface area (Å²) in [6.45, 7) is 7.54. The maximum atomic E-state index is 13.9. The van der Waals surface area contributed by atoms with Crippen LogP contribution in [0, 0.1) is 11.6 Å². The molecular formula is C32H38F2N6O5S2. The van der Waals surface area contributed by atoms with Gasteiger partial charge in [-0.1, -0.05) is 27.7 Å². The molecule has 252 valence electrons. The third kappa shape index (κ3) is 8.26. The second-order valence-electron chi connectivity index (χ2n) is 11.7. The van der Waals surface area contributed by atoms with Gasteiger partial charge < -0.3 is 4.74 Å². The number of halogens is 2. The topological polar surface area (TPSA) is 136 Å². The van der Waals surface area contributed by atoms with Gasteiger partial charge in [0.1, 0.15) is 11.6 Å². The van der Waals surface area contributed by atoms with Gasteiger partial charge in [-0.2, -0.15) is 0 Å². The molecule has 0 spiro atoms. The Balaban J connectivity index is 1.85. The van der Waals surface area contributed by atoms with Crippen LogP contribution >= 0.6 is 0 Å². The lowest BCUT2D eigenvalue weighted by Crippen LogP contribution is -2.28. The van der Waals surface area contributed by atoms with Crippen molar-refractivity contribution in [2.75, 3.05) is 35.2 Å². The first-order valence-corrected chi connectivity index (χ1v) is 18.4. The highest BCUT2D eigenvalue weighted by Crippen LogP contribution is 2.34. The highest BCUT2D eigenvalue weighted by molar-refractivity contribution is 7.92. The van der Waals surface area contributed by atoms with Gasteiger partial charge in [0.05, 0.1) is 48.5 Å². The molecule has 0 bridgehead atoms. The molecule has 0 unspecified atom stereocenters. The van der Waals surface area contributed by atoms with E-state index in [1.54, 1.807) is 24.3 Å². The average Bonchev–Trinajstić information content (AvgIpc) is 2.99. The predicted octanol–water partition coefficient (Wildman–Crippen LogP) is 5.63. The third-order valence-corrected chi connectivity index (χ3v) is 9.75. The second kappa shape index (κ2) is 14.0.